The SMILES string of the molecule is c1ccc(-c2cccc(-c3nc(-c4ccccc4)nc(-c4cccc(-n5c6ccccc6c6cc7c8cccc9c%10ccccc%10n(c7cc65)c98)c4)n3)c2)cc1. The van der Waals surface area contributed by atoms with Crippen LogP contribution in [0.15, 0.2) is 188 Å². The van der Waals surface area contributed by atoms with Crippen LogP contribution in [0.5, 0.6) is 0 Å². The van der Waals surface area contributed by atoms with Crippen LogP contribution in [0.25, 0.3) is 111 Å². The van der Waals surface area contributed by atoms with Crippen LogP contribution < -0.4 is 0 Å². The van der Waals surface area contributed by atoms with Crippen molar-refractivity contribution in [1.82, 2.24) is 23.9 Å². The summed E-state index contributed by atoms with van der Waals surface area (Å²) in [7, 11) is 0. The quantitative estimate of drug-likeness (QED) is 0.178. The lowest BCUT2D eigenvalue weighted by Gasteiger charge is -2.12. The molecule has 0 spiro atoms. The Hall–Kier alpha value is -7.63. The number of aromatic nitrogens is 5. The highest BCUT2D eigenvalue weighted by atomic mass is 15.0. The molecule has 0 N–H and O–H groups in total. The fourth-order valence-corrected chi connectivity index (χ4v) is 8.77. The Morgan fingerprint density at radius 2 is 0.786 bits per heavy atom. The molecule has 0 fully saturated rings. The molecule has 0 amide bonds. The van der Waals surface area contributed by atoms with E-state index < -0.39 is 0 Å². The predicted octanol–water partition coefficient (Wildman–Crippen LogP) is 12.8. The summed E-state index contributed by atoms with van der Waals surface area (Å²) >= 11 is 0. The van der Waals surface area contributed by atoms with Crippen molar-refractivity contribution in [3.63, 3.8) is 0 Å². The van der Waals surface area contributed by atoms with Crippen LogP contribution in [-0.4, -0.2) is 23.9 Å². The molecule has 0 aliphatic heterocycles. The van der Waals surface area contributed by atoms with E-state index in [1.807, 2.05) is 24.3 Å². The molecule has 0 radical (unpaired) electrons. The van der Waals surface area contributed by atoms with Gasteiger partial charge in [-0.2, -0.15) is 0 Å². The van der Waals surface area contributed by atoms with Crippen LogP contribution in [0.3, 0.4) is 0 Å². The molecule has 0 aliphatic rings. The fourth-order valence-electron chi connectivity index (χ4n) is 8.77. The first-order valence-electron chi connectivity index (χ1n) is 19.0. The van der Waals surface area contributed by atoms with Crippen LogP contribution in [0, 0.1) is 0 Å². The van der Waals surface area contributed by atoms with E-state index in [1.165, 1.54) is 48.9 Å². The zero-order chi connectivity index (χ0) is 36.7. The van der Waals surface area contributed by atoms with E-state index in [1.54, 1.807) is 0 Å². The Bertz CT molecular complexity index is 3470. The first-order chi connectivity index (χ1) is 27.8. The van der Waals surface area contributed by atoms with Gasteiger partial charge in [-0.25, -0.2) is 15.0 Å². The number of nitrogens with zero attached hydrogens (tertiary/aromatic N) is 5. The summed E-state index contributed by atoms with van der Waals surface area (Å²) in [6.07, 6.45) is 0. The zero-order valence-electron chi connectivity index (χ0n) is 30.1. The van der Waals surface area contributed by atoms with Crippen LogP contribution >= 0.6 is 0 Å². The molecule has 0 aliphatic carbocycles. The second kappa shape index (κ2) is 11.9. The lowest BCUT2D eigenvalue weighted by molar-refractivity contribution is 1.07. The Morgan fingerprint density at radius 3 is 1.54 bits per heavy atom. The molecular formula is C51H31N5. The van der Waals surface area contributed by atoms with Gasteiger partial charge in [-0.1, -0.05) is 146 Å². The minimum atomic E-state index is 0.624. The summed E-state index contributed by atoms with van der Waals surface area (Å²) in [6.45, 7) is 0. The van der Waals surface area contributed by atoms with Crippen molar-refractivity contribution in [1.29, 1.82) is 0 Å². The molecule has 5 heteroatoms. The first kappa shape index (κ1) is 30.8. The average Bonchev–Trinajstić information content (AvgIpc) is 3.91. The van der Waals surface area contributed by atoms with E-state index in [0.717, 1.165) is 44.5 Å². The van der Waals surface area contributed by atoms with Crippen molar-refractivity contribution in [3.05, 3.63) is 188 Å². The van der Waals surface area contributed by atoms with Gasteiger partial charge in [-0.3, -0.25) is 0 Å². The maximum absolute atomic E-state index is 5.16. The van der Waals surface area contributed by atoms with Crippen LogP contribution in [0.2, 0.25) is 0 Å². The van der Waals surface area contributed by atoms with Gasteiger partial charge in [0.25, 0.3) is 0 Å². The van der Waals surface area contributed by atoms with Crippen LogP contribution in [-0.2, 0) is 0 Å². The molecule has 0 atom stereocenters. The first-order valence-corrected chi connectivity index (χ1v) is 19.0. The van der Waals surface area contributed by atoms with Crippen molar-refractivity contribution >= 4 is 59.9 Å². The van der Waals surface area contributed by atoms with Crippen LogP contribution in [0.4, 0.5) is 0 Å². The van der Waals surface area contributed by atoms with Gasteiger partial charge in [-0.15, -0.1) is 0 Å². The van der Waals surface area contributed by atoms with Gasteiger partial charge in [0.05, 0.1) is 27.6 Å². The summed E-state index contributed by atoms with van der Waals surface area (Å²) in [5.74, 6) is 1.90. The third-order valence-corrected chi connectivity index (χ3v) is 11.3. The molecule has 12 rings (SSSR count). The zero-order valence-corrected chi connectivity index (χ0v) is 30.1. The largest absolute Gasteiger partial charge is 0.309 e. The minimum Gasteiger partial charge on any atom is -0.309 e. The van der Waals surface area contributed by atoms with Gasteiger partial charge < -0.3 is 8.97 Å². The molecular weight excluding hydrogens is 683 g/mol. The smallest absolute Gasteiger partial charge is 0.164 e. The van der Waals surface area contributed by atoms with Gasteiger partial charge >= 0.3 is 0 Å². The molecule has 0 saturated carbocycles. The average molecular weight is 714 g/mol. The normalized spacial score (nSPS) is 11.9. The molecule has 0 saturated heterocycles. The number of hydrogen-bond donors (Lipinski definition) is 0. The molecule has 5 nitrogen and oxygen atoms in total. The van der Waals surface area contributed by atoms with E-state index in [4.69, 9.17) is 15.0 Å². The molecule has 8 aromatic carbocycles. The molecule has 12 aromatic rings. The minimum absolute atomic E-state index is 0.624. The Labute approximate surface area is 321 Å². The van der Waals surface area contributed by atoms with E-state index >= 15 is 0 Å². The van der Waals surface area contributed by atoms with Gasteiger partial charge in [-0.05, 0) is 53.6 Å². The maximum atomic E-state index is 5.16. The van der Waals surface area contributed by atoms with Gasteiger partial charge in [0.2, 0.25) is 0 Å². The number of hydrogen-bond acceptors (Lipinski definition) is 3. The molecule has 4 aromatic heterocycles. The molecule has 56 heavy (non-hydrogen) atoms. The van der Waals surface area contributed by atoms with Crippen molar-refractivity contribution in [2.24, 2.45) is 0 Å². The summed E-state index contributed by atoms with van der Waals surface area (Å²) in [4.78, 5) is 15.3. The monoisotopic (exact) mass is 713 g/mol. The Morgan fingerprint density at radius 1 is 0.286 bits per heavy atom. The number of benzene rings is 8. The van der Waals surface area contributed by atoms with Gasteiger partial charge in [0, 0.05) is 54.7 Å². The molecule has 4 heterocycles. The van der Waals surface area contributed by atoms with Crippen molar-refractivity contribution in [2.45, 2.75) is 0 Å². The molecule has 260 valence electrons. The van der Waals surface area contributed by atoms with Crippen molar-refractivity contribution in [2.75, 3.05) is 0 Å². The van der Waals surface area contributed by atoms with Crippen molar-refractivity contribution < 1.29 is 0 Å². The van der Waals surface area contributed by atoms with E-state index in [-0.39, 0.29) is 0 Å². The third-order valence-electron chi connectivity index (χ3n) is 11.3. The Kier molecular flexibility index (Phi) is 6.56. The van der Waals surface area contributed by atoms with E-state index in [0.29, 0.717) is 17.5 Å². The third kappa shape index (κ3) is 4.58. The molecule has 0 bridgehead atoms. The lowest BCUT2D eigenvalue weighted by Crippen LogP contribution is -2.01. The van der Waals surface area contributed by atoms with Gasteiger partial charge in [0.1, 0.15) is 0 Å². The van der Waals surface area contributed by atoms with E-state index in [2.05, 4.69) is 173 Å². The topological polar surface area (TPSA) is 48.0 Å². The number of rotatable bonds is 5. The second-order valence-electron chi connectivity index (χ2n) is 14.5. The summed E-state index contributed by atoms with van der Waals surface area (Å²) in [6, 6.07) is 66.6. The number of fused-ring (bicyclic) bond motifs is 9. The lowest BCUT2D eigenvalue weighted by atomic mass is 10.0. The highest BCUT2D eigenvalue weighted by Crippen LogP contribution is 2.43. The summed E-state index contributed by atoms with van der Waals surface area (Å²) < 4.78 is 4.85. The fraction of sp³-hybridized carbons (Fsp3) is 0. The van der Waals surface area contributed by atoms with Crippen LogP contribution in [0.1, 0.15) is 0 Å². The number of para-hydroxylation sites is 3. The van der Waals surface area contributed by atoms with Crippen molar-refractivity contribution in [3.8, 4) is 51.0 Å². The predicted molar refractivity (Wildman–Crippen MR) is 231 cm³/mol. The highest BCUT2D eigenvalue weighted by Gasteiger charge is 2.21. The summed E-state index contributed by atoms with van der Waals surface area (Å²) in [5, 5.41) is 7.56. The van der Waals surface area contributed by atoms with Gasteiger partial charge in [0.15, 0.2) is 17.5 Å². The summed E-state index contributed by atoms with van der Waals surface area (Å²) in [5.41, 5.74) is 12.1. The highest BCUT2D eigenvalue weighted by molar-refractivity contribution is 6.26. The standard InChI is InChI=1S/C51H31N5/c1-3-14-32(15-4-1)34-18-11-19-35(28-34)50-52-49(33-16-5-2-6-17-33)53-51(54-50)36-20-12-21-37(29-36)55-44-26-9-8-23-39(44)42-30-43-41-25-13-24-40-38-22-7-10-27-45(38)56(48(40)41)47(43)31-46(42)55/h1-31H. The van der Waals surface area contributed by atoms with E-state index in [9.17, 15) is 0 Å². The maximum Gasteiger partial charge on any atom is 0.164 e. The molecule has 0 unspecified atom stereocenters. The second-order valence-corrected chi connectivity index (χ2v) is 14.5. The Balaban J connectivity index is 1.08.